The van der Waals surface area contributed by atoms with Crippen LogP contribution in [0, 0.1) is 5.92 Å². The molecule has 4 nitrogen and oxygen atoms in total. The summed E-state index contributed by atoms with van der Waals surface area (Å²) in [6.45, 7) is 2.99. The Bertz CT molecular complexity index is 434. The molecule has 1 fully saturated rings. The van der Waals surface area contributed by atoms with Gasteiger partial charge in [-0.3, -0.25) is 4.79 Å². The predicted molar refractivity (Wildman–Crippen MR) is 75.3 cm³/mol. The maximum atomic E-state index is 11.9. The van der Waals surface area contributed by atoms with E-state index in [1.807, 2.05) is 24.3 Å². The van der Waals surface area contributed by atoms with Crippen LogP contribution in [-0.4, -0.2) is 44.6 Å². The number of benzene rings is 1. The first kappa shape index (κ1) is 13.9. The molecule has 4 heteroatoms. The molecule has 1 N–H and O–H groups in total. The van der Waals surface area contributed by atoms with Crippen molar-refractivity contribution in [2.24, 2.45) is 5.92 Å². The van der Waals surface area contributed by atoms with Crippen LogP contribution in [0.4, 0.5) is 0 Å². The Kier molecular flexibility index (Phi) is 4.80. The number of methoxy groups -OCH3 is 1. The van der Waals surface area contributed by atoms with Crippen LogP contribution < -0.4 is 10.1 Å². The van der Waals surface area contributed by atoms with E-state index in [1.165, 1.54) is 6.42 Å². The van der Waals surface area contributed by atoms with Crippen molar-refractivity contribution in [2.75, 3.05) is 33.8 Å². The van der Waals surface area contributed by atoms with Crippen molar-refractivity contribution < 1.29 is 9.53 Å². The van der Waals surface area contributed by atoms with Crippen LogP contribution in [0.1, 0.15) is 12.0 Å². The second-order valence-electron chi connectivity index (χ2n) is 5.21. The van der Waals surface area contributed by atoms with Crippen molar-refractivity contribution in [3.63, 3.8) is 0 Å². The Morgan fingerprint density at radius 2 is 2.26 bits per heavy atom. The molecular weight excluding hydrogens is 240 g/mol. The maximum absolute atomic E-state index is 11.9. The molecule has 1 heterocycles. The smallest absolute Gasteiger partial charge is 0.224 e. The van der Waals surface area contributed by atoms with Crippen LogP contribution in [-0.2, 0) is 11.2 Å². The third kappa shape index (κ3) is 3.96. The molecule has 2 rings (SSSR count). The molecule has 1 aromatic carbocycles. The third-order valence-electron chi connectivity index (χ3n) is 3.62. The number of amides is 1. The lowest BCUT2D eigenvalue weighted by Crippen LogP contribution is -2.31. The second-order valence-corrected chi connectivity index (χ2v) is 5.21. The summed E-state index contributed by atoms with van der Waals surface area (Å²) in [5.74, 6) is 1.43. The summed E-state index contributed by atoms with van der Waals surface area (Å²) in [6.07, 6.45) is 1.55. The molecule has 104 valence electrons. The van der Waals surface area contributed by atoms with Crippen molar-refractivity contribution in [1.82, 2.24) is 10.2 Å². The van der Waals surface area contributed by atoms with Crippen molar-refractivity contribution in [3.05, 3.63) is 29.8 Å². The highest BCUT2D eigenvalue weighted by Gasteiger charge is 2.19. The van der Waals surface area contributed by atoms with Gasteiger partial charge in [-0.05, 0) is 32.0 Å². The van der Waals surface area contributed by atoms with Crippen LogP contribution in [0.3, 0.4) is 0 Å². The van der Waals surface area contributed by atoms with E-state index in [2.05, 4.69) is 17.3 Å². The minimum Gasteiger partial charge on any atom is -0.496 e. The van der Waals surface area contributed by atoms with Gasteiger partial charge >= 0.3 is 0 Å². The number of para-hydroxylation sites is 1. The molecule has 0 bridgehead atoms. The molecule has 1 aliphatic rings. The number of hydrogen-bond acceptors (Lipinski definition) is 3. The molecule has 0 spiro atoms. The zero-order chi connectivity index (χ0) is 13.7. The summed E-state index contributed by atoms with van der Waals surface area (Å²) < 4.78 is 5.25. The minimum atomic E-state index is 0.0686. The summed E-state index contributed by atoms with van der Waals surface area (Å²) in [4.78, 5) is 14.2. The van der Waals surface area contributed by atoms with E-state index in [0.29, 0.717) is 12.3 Å². The van der Waals surface area contributed by atoms with Gasteiger partial charge in [0.1, 0.15) is 5.75 Å². The molecule has 1 atom stereocenters. The van der Waals surface area contributed by atoms with Crippen LogP contribution in [0.15, 0.2) is 24.3 Å². The minimum absolute atomic E-state index is 0.0686. The van der Waals surface area contributed by atoms with E-state index in [1.54, 1.807) is 7.11 Å². The Labute approximate surface area is 114 Å². The molecule has 1 amide bonds. The molecule has 1 aliphatic heterocycles. The normalized spacial score (nSPS) is 19.4. The van der Waals surface area contributed by atoms with Gasteiger partial charge in [-0.25, -0.2) is 0 Å². The van der Waals surface area contributed by atoms with Crippen LogP contribution >= 0.6 is 0 Å². The van der Waals surface area contributed by atoms with Gasteiger partial charge in [0.15, 0.2) is 0 Å². The molecule has 0 saturated carbocycles. The maximum Gasteiger partial charge on any atom is 0.224 e. The van der Waals surface area contributed by atoms with E-state index in [-0.39, 0.29) is 5.91 Å². The lowest BCUT2D eigenvalue weighted by Gasteiger charge is -2.12. The molecule has 0 aromatic heterocycles. The number of nitrogens with one attached hydrogen (secondary N) is 1. The summed E-state index contributed by atoms with van der Waals surface area (Å²) in [7, 11) is 3.75. The van der Waals surface area contributed by atoms with E-state index < -0.39 is 0 Å². The van der Waals surface area contributed by atoms with Gasteiger partial charge in [-0.2, -0.15) is 0 Å². The van der Waals surface area contributed by atoms with Crippen molar-refractivity contribution >= 4 is 5.91 Å². The van der Waals surface area contributed by atoms with Gasteiger partial charge in [-0.1, -0.05) is 18.2 Å². The van der Waals surface area contributed by atoms with E-state index >= 15 is 0 Å². The van der Waals surface area contributed by atoms with E-state index in [9.17, 15) is 4.79 Å². The number of hydrogen-bond donors (Lipinski definition) is 1. The Balaban J connectivity index is 1.81. The highest BCUT2D eigenvalue weighted by Crippen LogP contribution is 2.18. The number of ether oxygens (including phenoxy) is 1. The summed E-state index contributed by atoms with van der Waals surface area (Å²) >= 11 is 0. The largest absolute Gasteiger partial charge is 0.496 e. The molecule has 19 heavy (non-hydrogen) atoms. The van der Waals surface area contributed by atoms with Gasteiger partial charge in [0.25, 0.3) is 0 Å². The van der Waals surface area contributed by atoms with E-state index in [4.69, 9.17) is 4.74 Å². The Morgan fingerprint density at radius 3 is 2.95 bits per heavy atom. The molecule has 1 saturated heterocycles. The van der Waals surface area contributed by atoms with Crippen molar-refractivity contribution in [3.8, 4) is 5.75 Å². The SMILES string of the molecule is COc1ccccc1CC(=O)NC[C@@H]1CCN(C)C1. The van der Waals surface area contributed by atoms with Crippen molar-refractivity contribution in [2.45, 2.75) is 12.8 Å². The van der Waals surface area contributed by atoms with Gasteiger partial charge in [0.2, 0.25) is 5.91 Å². The van der Waals surface area contributed by atoms with Crippen LogP contribution in [0.2, 0.25) is 0 Å². The Hall–Kier alpha value is -1.55. The fraction of sp³-hybridized carbons (Fsp3) is 0.533. The van der Waals surface area contributed by atoms with E-state index in [0.717, 1.165) is 30.9 Å². The fourth-order valence-electron chi connectivity index (χ4n) is 2.54. The number of rotatable bonds is 5. The first-order valence-electron chi connectivity index (χ1n) is 6.76. The predicted octanol–water partition coefficient (Wildman–Crippen LogP) is 1.31. The van der Waals surface area contributed by atoms with Gasteiger partial charge in [0, 0.05) is 18.7 Å². The first-order chi connectivity index (χ1) is 9.19. The van der Waals surface area contributed by atoms with Gasteiger partial charge in [-0.15, -0.1) is 0 Å². The quantitative estimate of drug-likeness (QED) is 0.870. The zero-order valence-corrected chi connectivity index (χ0v) is 11.7. The average molecular weight is 262 g/mol. The summed E-state index contributed by atoms with van der Waals surface area (Å²) in [6, 6.07) is 7.65. The lowest BCUT2D eigenvalue weighted by molar-refractivity contribution is -0.120. The zero-order valence-electron chi connectivity index (χ0n) is 11.7. The molecule has 0 unspecified atom stereocenters. The highest BCUT2D eigenvalue weighted by molar-refractivity contribution is 5.79. The van der Waals surface area contributed by atoms with Gasteiger partial charge < -0.3 is 15.0 Å². The average Bonchev–Trinajstić information content (AvgIpc) is 2.83. The number of carbonyl (C=O) groups excluding carboxylic acids is 1. The number of carbonyl (C=O) groups is 1. The third-order valence-corrected chi connectivity index (χ3v) is 3.62. The topological polar surface area (TPSA) is 41.6 Å². The standard InChI is InChI=1S/C15H22N2O2/c1-17-8-7-12(11-17)10-16-15(18)9-13-5-3-4-6-14(13)19-2/h3-6,12H,7-11H2,1-2H3,(H,16,18)/t12-/m0/s1. The first-order valence-corrected chi connectivity index (χ1v) is 6.76. The van der Waals surface area contributed by atoms with Crippen LogP contribution in [0.25, 0.3) is 0 Å². The molecular formula is C15H22N2O2. The summed E-state index contributed by atoms with van der Waals surface area (Å²) in [5, 5.41) is 3.02. The molecule has 1 aromatic rings. The van der Waals surface area contributed by atoms with Gasteiger partial charge in [0.05, 0.1) is 13.5 Å². The van der Waals surface area contributed by atoms with Crippen molar-refractivity contribution in [1.29, 1.82) is 0 Å². The summed E-state index contributed by atoms with van der Waals surface area (Å²) in [5.41, 5.74) is 0.936. The van der Waals surface area contributed by atoms with Crippen LogP contribution in [0.5, 0.6) is 5.75 Å². The fourth-order valence-corrected chi connectivity index (χ4v) is 2.54. The highest BCUT2D eigenvalue weighted by atomic mass is 16.5. The molecule has 0 radical (unpaired) electrons. The Morgan fingerprint density at radius 1 is 1.47 bits per heavy atom. The lowest BCUT2D eigenvalue weighted by atomic mass is 10.1. The second kappa shape index (κ2) is 6.57. The molecule has 0 aliphatic carbocycles. The number of likely N-dealkylation sites (tertiary alicyclic amines) is 1. The monoisotopic (exact) mass is 262 g/mol. The number of nitrogens with zero attached hydrogens (tertiary/aromatic N) is 1.